The number of aliphatic carboxylic acids is 1. The lowest BCUT2D eigenvalue weighted by atomic mass is 9.89. The van der Waals surface area contributed by atoms with Crippen molar-refractivity contribution >= 4 is 5.97 Å². The topological polar surface area (TPSA) is 59.0 Å². The van der Waals surface area contributed by atoms with Crippen molar-refractivity contribution < 1.29 is 23.8 Å². The summed E-state index contributed by atoms with van der Waals surface area (Å²) in [6, 6.07) is 12.1. The number of methoxy groups -OCH3 is 2. The van der Waals surface area contributed by atoms with E-state index in [1.165, 1.54) is 12.1 Å². The molecule has 144 valence electrons. The molecule has 1 heterocycles. The predicted molar refractivity (Wildman–Crippen MR) is 99.3 cm³/mol. The van der Waals surface area contributed by atoms with Crippen LogP contribution in [0.2, 0.25) is 0 Å². The van der Waals surface area contributed by atoms with Gasteiger partial charge in [0.25, 0.3) is 0 Å². The molecular formula is C21H24FNO4. The zero-order valence-electron chi connectivity index (χ0n) is 15.5. The molecule has 0 amide bonds. The number of nitrogens with zero attached hydrogens (tertiary/aromatic N) is 1. The highest BCUT2D eigenvalue weighted by atomic mass is 19.1. The summed E-state index contributed by atoms with van der Waals surface area (Å²) < 4.78 is 23.8. The highest BCUT2D eigenvalue weighted by Crippen LogP contribution is 2.34. The Bertz CT molecular complexity index is 793. The molecule has 5 nitrogen and oxygen atoms in total. The number of carboxylic acid groups (broad SMARTS) is 1. The lowest BCUT2D eigenvalue weighted by Crippen LogP contribution is -2.23. The van der Waals surface area contributed by atoms with Gasteiger partial charge in [0.2, 0.25) is 0 Å². The van der Waals surface area contributed by atoms with Gasteiger partial charge in [-0.1, -0.05) is 18.2 Å². The summed E-state index contributed by atoms with van der Waals surface area (Å²) in [5, 5.41) is 9.63. The maximum Gasteiger partial charge on any atom is 0.308 e. The van der Waals surface area contributed by atoms with E-state index < -0.39 is 11.9 Å². The molecular weight excluding hydrogens is 349 g/mol. The van der Waals surface area contributed by atoms with Crippen molar-refractivity contribution in [3.05, 3.63) is 65.0 Å². The van der Waals surface area contributed by atoms with Gasteiger partial charge in [-0.25, -0.2) is 4.39 Å². The van der Waals surface area contributed by atoms with E-state index in [0.717, 1.165) is 22.4 Å². The highest BCUT2D eigenvalue weighted by Gasteiger charge is 2.38. The number of rotatable bonds is 7. The second kappa shape index (κ2) is 8.50. The number of carboxylic acids is 1. The van der Waals surface area contributed by atoms with E-state index in [-0.39, 0.29) is 11.7 Å². The van der Waals surface area contributed by atoms with E-state index >= 15 is 0 Å². The van der Waals surface area contributed by atoms with Gasteiger partial charge in [-0.3, -0.25) is 9.69 Å². The number of halogens is 1. The van der Waals surface area contributed by atoms with Gasteiger partial charge >= 0.3 is 5.97 Å². The van der Waals surface area contributed by atoms with Crippen LogP contribution >= 0.6 is 0 Å². The fourth-order valence-corrected chi connectivity index (χ4v) is 3.77. The molecule has 2 aromatic rings. The Morgan fingerprint density at radius 2 is 1.93 bits per heavy atom. The van der Waals surface area contributed by atoms with Gasteiger partial charge in [-0.2, -0.15) is 0 Å². The highest BCUT2D eigenvalue weighted by molar-refractivity contribution is 5.72. The molecule has 6 heteroatoms. The largest absolute Gasteiger partial charge is 0.496 e. The van der Waals surface area contributed by atoms with Gasteiger partial charge in [-0.15, -0.1) is 0 Å². The number of hydrogen-bond donors (Lipinski definition) is 1. The van der Waals surface area contributed by atoms with Gasteiger partial charge in [-0.05, 0) is 35.4 Å². The molecule has 0 aliphatic carbocycles. The fourth-order valence-electron chi connectivity index (χ4n) is 3.77. The second-order valence-corrected chi connectivity index (χ2v) is 6.88. The molecule has 0 aromatic heterocycles. The molecule has 3 rings (SSSR count). The summed E-state index contributed by atoms with van der Waals surface area (Å²) in [6.45, 7) is 2.17. The van der Waals surface area contributed by atoms with Crippen LogP contribution < -0.4 is 4.74 Å². The van der Waals surface area contributed by atoms with Gasteiger partial charge in [0, 0.05) is 38.2 Å². The molecule has 1 fully saturated rings. The van der Waals surface area contributed by atoms with Crippen molar-refractivity contribution in [2.24, 2.45) is 5.92 Å². The average Bonchev–Trinajstić information content (AvgIpc) is 3.07. The van der Waals surface area contributed by atoms with Crippen molar-refractivity contribution in [1.29, 1.82) is 0 Å². The van der Waals surface area contributed by atoms with E-state index in [1.54, 1.807) is 26.4 Å². The molecule has 2 aromatic carbocycles. The first-order valence-electron chi connectivity index (χ1n) is 8.87. The molecule has 0 spiro atoms. The summed E-state index contributed by atoms with van der Waals surface area (Å²) >= 11 is 0. The van der Waals surface area contributed by atoms with Crippen LogP contribution in [0.5, 0.6) is 5.75 Å². The molecule has 0 bridgehead atoms. The Morgan fingerprint density at radius 3 is 2.56 bits per heavy atom. The minimum absolute atomic E-state index is 0.153. The lowest BCUT2D eigenvalue weighted by molar-refractivity contribution is -0.141. The van der Waals surface area contributed by atoms with E-state index in [4.69, 9.17) is 9.47 Å². The molecule has 1 aliphatic heterocycles. The van der Waals surface area contributed by atoms with E-state index in [2.05, 4.69) is 4.90 Å². The zero-order chi connectivity index (χ0) is 19.4. The van der Waals surface area contributed by atoms with E-state index in [1.807, 2.05) is 18.2 Å². The van der Waals surface area contributed by atoms with Gasteiger partial charge in [0.15, 0.2) is 0 Å². The minimum atomic E-state index is -0.818. The molecule has 1 N–H and O–H groups in total. The van der Waals surface area contributed by atoms with Crippen molar-refractivity contribution in [2.45, 2.75) is 19.1 Å². The van der Waals surface area contributed by atoms with Crippen molar-refractivity contribution in [3.8, 4) is 5.75 Å². The van der Waals surface area contributed by atoms with Crippen LogP contribution in [0.25, 0.3) is 0 Å². The first kappa shape index (κ1) is 19.3. The number of hydrogen-bond acceptors (Lipinski definition) is 4. The van der Waals surface area contributed by atoms with Crippen LogP contribution in [-0.2, 0) is 22.7 Å². The number of benzene rings is 2. The molecule has 0 saturated carbocycles. The van der Waals surface area contributed by atoms with Crippen LogP contribution in [0, 0.1) is 11.7 Å². The summed E-state index contributed by atoms with van der Waals surface area (Å²) in [4.78, 5) is 13.9. The van der Waals surface area contributed by atoms with Crippen molar-refractivity contribution in [3.63, 3.8) is 0 Å². The predicted octanol–water partition coefficient (Wildman–Crippen LogP) is 3.28. The van der Waals surface area contributed by atoms with Crippen molar-refractivity contribution in [1.82, 2.24) is 4.90 Å². The Hall–Kier alpha value is -2.44. The standard InChI is InChI=1S/C21H24FNO4/c1-26-13-16-9-14(3-8-20(16)27-2)10-23-11-18(19(12-23)21(24)25)15-4-6-17(22)7-5-15/h3-9,18-19H,10-13H2,1-2H3,(H,24,25)/t18-,19+/m0/s1. The molecule has 0 unspecified atom stereocenters. The summed E-state index contributed by atoms with van der Waals surface area (Å²) in [5.74, 6) is -1.02. The van der Waals surface area contributed by atoms with Crippen molar-refractivity contribution in [2.75, 3.05) is 27.3 Å². The Kier molecular flexibility index (Phi) is 6.08. The van der Waals surface area contributed by atoms with Crippen LogP contribution in [0.4, 0.5) is 4.39 Å². The summed E-state index contributed by atoms with van der Waals surface area (Å²) in [7, 11) is 3.26. The maximum atomic E-state index is 13.2. The average molecular weight is 373 g/mol. The van der Waals surface area contributed by atoms with Crippen LogP contribution in [0.3, 0.4) is 0 Å². The normalized spacial score (nSPS) is 20.0. The smallest absolute Gasteiger partial charge is 0.308 e. The number of likely N-dealkylation sites (tertiary alicyclic amines) is 1. The fraction of sp³-hybridized carbons (Fsp3) is 0.381. The van der Waals surface area contributed by atoms with Gasteiger partial charge in [0.05, 0.1) is 19.6 Å². The third-order valence-electron chi connectivity index (χ3n) is 5.06. The first-order valence-corrected chi connectivity index (χ1v) is 8.87. The van der Waals surface area contributed by atoms with Gasteiger partial charge < -0.3 is 14.6 Å². The molecule has 2 atom stereocenters. The van der Waals surface area contributed by atoms with Gasteiger partial charge in [0.1, 0.15) is 11.6 Å². The quantitative estimate of drug-likeness (QED) is 0.807. The van der Waals surface area contributed by atoms with E-state index in [9.17, 15) is 14.3 Å². The third-order valence-corrected chi connectivity index (χ3v) is 5.06. The Morgan fingerprint density at radius 1 is 1.19 bits per heavy atom. The molecule has 0 radical (unpaired) electrons. The monoisotopic (exact) mass is 373 g/mol. The summed E-state index contributed by atoms with van der Waals surface area (Å²) in [5.41, 5.74) is 2.90. The third kappa shape index (κ3) is 4.46. The van der Waals surface area contributed by atoms with Crippen LogP contribution in [-0.4, -0.2) is 43.3 Å². The summed E-state index contributed by atoms with van der Waals surface area (Å²) in [6.07, 6.45) is 0. The van der Waals surface area contributed by atoms with Crippen LogP contribution in [0.1, 0.15) is 22.6 Å². The first-order chi connectivity index (χ1) is 13.0. The second-order valence-electron chi connectivity index (χ2n) is 6.88. The molecule has 27 heavy (non-hydrogen) atoms. The van der Waals surface area contributed by atoms with Crippen LogP contribution in [0.15, 0.2) is 42.5 Å². The number of carbonyl (C=O) groups is 1. The zero-order valence-corrected chi connectivity index (χ0v) is 15.5. The number of ether oxygens (including phenoxy) is 2. The minimum Gasteiger partial charge on any atom is -0.496 e. The Balaban J connectivity index is 1.77. The lowest BCUT2D eigenvalue weighted by Gasteiger charge is -2.17. The molecule has 1 saturated heterocycles. The SMILES string of the molecule is COCc1cc(CN2C[C@@H](C(=O)O)[C@H](c3ccc(F)cc3)C2)ccc1OC. The molecule has 1 aliphatic rings. The maximum absolute atomic E-state index is 13.2. The Labute approximate surface area is 158 Å². The van der Waals surface area contributed by atoms with E-state index in [0.29, 0.717) is 26.2 Å².